The van der Waals surface area contributed by atoms with E-state index in [0.717, 1.165) is 5.56 Å². The summed E-state index contributed by atoms with van der Waals surface area (Å²) in [6, 6.07) is 21.8. The standard InChI is InChI=1S/C21H18N2O3/c1-26-21(25)18-12-10-17(11-13-18)20(24)22-19-9-5-6-14-23(19)15-16-7-3-2-4-8-16/h2-14H,15H2,1H3. The fourth-order valence-electron chi connectivity index (χ4n) is 2.52. The van der Waals surface area contributed by atoms with Crippen LogP contribution in [0.4, 0.5) is 0 Å². The van der Waals surface area contributed by atoms with Crippen LogP contribution in [0.1, 0.15) is 26.3 Å². The first-order chi connectivity index (χ1) is 12.7. The van der Waals surface area contributed by atoms with E-state index in [2.05, 4.69) is 9.73 Å². The van der Waals surface area contributed by atoms with Gasteiger partial charge in [0.05, 0.1) is 12.7 Å². The molecular weight excluding hydrogens is 328 g/mol. The zero-order valence-electron chi connectivity index (χ0n) is 14.3. The molecule has 0 atom stereocenters. The maximum Gasteiger partial charge on any atom is 0.337 e. The van der Waals surface area contributed by atoms with Crippen LogP contribution < -0.4 is 5.49 Å². The van der Waals surface area contributed by atoms with Crippen LogP contribution in [-0.2, 0) is 11.3 Å². The number of rotatable bonds is 4. The van der Waals surface area contributed by atoms with Gasteiger partial charge >= 0.3 is 5.97 Å². The van der Waals surface area contributed by atoms with Crippen molar-refractivity contribution >= 4 is 11.9 Å². The van der Waals surface area contributed by atoms with Crippen LogP contribution in [0.2, 0.25) is 0 Å². The average Bonchev–Trinajstić information content (AvgIpc) is 2.69. The average molecular weight is 346 g/mol. The molecule has 2 aromatic carbocycles. The Labute approximate surface area is 151 Å². The smallest absolute Gasteiger partial charge is 0.337 e. The first-order valence-corrected chi connectivity index (χ1v) is 8.14. The molecule has 0 unspecified atom stereocenters. The summed E-state index contributed by atoms with van der Waals surface area (Å²) in [4.78, 5) is 28.2. The van der Waals surface area contributed by atoms with Crippen molar-refractivity contribution in [3.05, 3.63) is 101 Å². The lowest BCUT2D eigenvalue weighted by Gasteiger charge is -2.07. The van der Waals surface area contributed by atoms with Crippen molar-refractivity contribution in [1.29, 1.82) is 0 Å². The zero-order valence-corrected chi connectivity index (χ0v) is 14.3. The third kappa shape index (κ3) is 4.13. The molecule has 0 spiro atoms. The number of aromatic nitrogens is 1. The van der Waals surface area contributed by atoms with E-state index in [0.29, 0.717) is 23.2 Å². The first-order valence-electron chi connectivity index (χ1n) is 8.14. The van der Waals surface area contributed by atoms with Crippen LogP contribution in [0.3, 0.4) is 0 Å². The third-order valence-electron chi connectivity index (χ3n) is 3.88. The molecule has 1 aromatic heterocycles. The molecule has 5 heteroatoms. The van der Waals surface area contributed by atoms with E-state index in [1.54, 1.807) is 30.3 Å². The Hall–Kier alpha value is -3.47. The number of amides is 1. The van der Waals surface area contributed by atoms with Gasteiger partial charge in [-0.15, -0.1) is 0 Å². The number of carbonyl (C=O) groups excluding carboxylic acids is 2. The Morgan fingerprint density at radius 2 is 1.54 bits per heavy atom. The van der Waals surface area contributed by atoms with Crippen molar-refractivity contribution < 1.29 is 14.3 Å². The number of benzene rings is 2. The van der Waals surface area contributed by atoms with Gasteiger partial charge in [-0.25, -0.2) is 4.79 Å². The molecule has 5 nitrogen and oxygen atoms in total. The lowest BCUT2D eigenvalue weighted by molar-refractivity contribution is 0.0600. The lowest BCUT2D eigenvalue weighted by atomic mass is 10.1. The molecule has 0 aliphatic heterocycles. The maximum absolute atomic E-state index is 12.5. The summed E-state index contributed by atoms with van der Waals surface area (Å²) in [7, 11) is 1.32. The second kappa shape index (κ2) is 8.07. The Morgan fingerprint density at radius 1 is 0.885 bits per heavy atom. The molecule has 0 saturated carbocycles. The lowest BCUT2D eigenvalue weighted by Crippen LogP contribution is -2.22. The molecule has 3 rings (SSSR count). The second-order valence-electron chi connectivity index (χ2n) is 5.66. The van der Waals surface area contributed by atoms with E-state index in [1.807, 2.05) is 53.2 Å². The fourth-order valence-corrected chi connectivity index (χ4v) is 2.52. The van der Waals surface area contributed by atoms with Crippen LogP contribution in [0, 0.1) is 0 Å². The van der Waals surface area contributed by atoms with Crippen LogP contribution in [-0.4, -0.2) is 23.6 Å². The Morgan fingerprint density at radius 3 is 2.23 bits per heavy atom. The highest BCUT2D eigenvalue weighted by Gasteiger charge is 2.08. The van der Waals surface area contributed by atoms with E-state index in [-0.39, 0.29) is 5.91 Å². The molecule has 0 aliphatic rings. The zero-order chi connectivity index (χ0) is 18.4. The third-order valence-corrected chi connectivity index (χ3v) is 3.88. The van der Waals surface area contributed by atoms with E-state index in [9.17, 15) is 9.59 Å². The Kier molecular flexibility index (Phi) is 5.39. The molecule has 1 amide bonds. The van der Waals surface area contributed by atoms with Crippen LogP contribution in [0.25, 0.3) is 0 Å². The van der Waals surface area contributed by atoms with Gasteiger partial charge in [-0.1, -0.05) is 36.4 Å². The quantitative estimate of drug-likeness (QED) is 0.682. The van der Waals surface area contributed by atoms with Crippen molar-refractivity contribution in [1.82, 2.24) is 4.57 Å². The van der Waals surface area contributed by atoms with Crippen molar-refractivity contribution in [2.45, 2.75) is 6.54 Å². The highest BCUT2D eigenvalue weighted by molar-refractivity contribution is 5.96. The van der Waals surface area contributed by atoms with Gasteiger partial charge in [-0.2, -0.15) is 4.99 Å². The molecule has 1 heterocycles. The minimum absolute atomic E-state index is 0.366. The Bertz CT molecular complexity index is 974. The van der Waals surface area contributed by atoms with Crippen LogP contribution >= 0.6 is 0 Å². The summed E-state index contributed by atoms with van der Waals surface area (Å²) in [5, 5.41) is 0. The number of carbonyl (C=O) groups is 2. The summed E-state index contributed by atoms with van der Waals surface area (Å²) in [6.07, 6.45) is 1.89. The second-order valence-corrected chi connectivity index (χ2v) is 5.66. The molecule has 0 aliphatic carbocycles. The SMILES string of the molecule is COC(=O)c1ccc(C(=O)N=c2ccccn2Cc2ccccc2)cc1. The van der Waals surface area contributed by atoms with Gasteiger partial charge in [0, 0.05) is 18.3 Å². The monoisotopic (exact) mass is 346 g/mol. The van der Waals surface area contributed by atoms with Crippen molar-refractivity contribution in [2.24, 2.45) is 4.99 Å². The van der Waals surface area contributed by atoms with Gasteiger partial charge in [0.2, 0.25) is 0 Å². The number of esters is 1. The summed E-state index contributed by atoms with van der Waals surface area (Å²) < 4.78 is 6.57. The number of ether oxygens (including phenoxy) is 1. The summed E-state index contributed by atoms with van der Waals surface area (Å²) >= 11 is 0. The summed E-state index contributed by atoms with van der Waals surface area (Å²) in [5.74, 6) is -0.806. The minimum Gasteiger partial charge on any atom is -0.465 e. The molecule has 3 aromatic rings. The van der Waals surface area contributed by atoms with E-state index >= 15 is 0 Å². The van der Waals surface area contributed by atoms with E-state index < -0.39 is 5.97 Å². The predicted octanol–water partition coefficient (Wildman–Crippen LogP) is 3.06. The minimum atomic E-state index is -0.440. The maximum atomic E-state index is 12.5. The molecular formula is C21H18N2O3. The molecule has 130 valence electrons. The highest BCUT2D eigenvalue weighted by Crippen LogP contribution is 2.07. The van der Waals surface area contributed by atoms with Crippen molar-refractivity contribution in [3.63, 3.8) is 0 Å². The van der Waals surface area contributed by atoms with Gasteiger partial charge in [-0.3, -0.25) is 4.79 Å². The topological polar surface area (TPSA) is 60.7 Å². The fraction of sp³-hybridized carbons (Fsp3) is 0.0952. The summed E-state index contributed by atoms with van der Waals surface area (Å²) in [6.45, 7) is 0.620. The number of methoxy groups -OCH3 is 1. The number of hydrogen-bond donors (Lipinski definition) is 0. The van der Waals surface area contributed by atoms with Gasteiger partial charge in [0.25, 0.3) is 5.91 Å². The molecule has 0 radical (unpaired) electrons. The van der Waals surface area contributed by atoms with Crippen molar-refractivity contribution in [2.75, 3.05) is 7.11 Å². The number of nitrogens with zero attached hydrogens (tertiary/aromatic N) is 2. The molecule has 0 saturated heterocycles. The highest BCUT2D eigenvalue weighted by atomic mass is 16.5. The molecule has 0 N–H and O–H groups in total. The Balaban J connectivity index is 1.87. The normalized spacial score (nSPS) is 11.2. The predicted molar refractivity (Wildman–Crippen MR) is 97.7 cm³/mol. The van der Waals surface area contributed by atoms with E-state index in [4.69, 9.17) is 0 Å². The van der Waals surface area contributed by atoms with Crippen molar-refractivity contribution in [3.8, 4) is 0 Å². The molecule has 0 bridgehead atoms. The van der Waals surface area contributed by atoms with E-state index in [1.165, 1.54) is 7.11 Å². The number of pyridine rings is 1. The molecule has 0 fully saturated rings. The largest absolute Gasteiger partial charge is 0.465 e. The first kappa shape index (κ1) is 17.4. The van der Waals surface area contributed by atoms with Gasteiger partial charge < -0.3 is 9.30 Å². The van der Waals surface area contributed by atoms with Crippen LogP contribution in [0.15, 0.2) is 84.0 Å². The molecule has 26 heavy (non-hydrogen) atoms. The van der Waals surface area contributed by atoms with Gasteiger partial charge in [0.1, 0.15) is 5.49 Å². The van der Waals surface area contributed by atoms with Gasteiger partial charge in [0.15, 0.2) is 0 Å². The van der Waals surface area contributed by atoms with Crippen LogP contribution in [0.5, 0.6) is 0 Å². The number of hydrogen-bond acceptors (Lipinski definition) is 3. The summed E-state index contributed by atoms with van der Waals surface area (Å²) in [5.41, 5.74) is 2.49. The van der Waals surface area contributed by atoms with Gasteiger partial charge in [-0.05, 0) is 42.0 Å².